The Kier molecular flexibility index (Phi) is 15.9. The van der Waals surface area contributed by atoms with Crippen LogP contribution in [-0.4, -0.2) is 58.0 Å². The maximum atomic E-state index is 13.6. The van der Waals surface area contributed by atoms with Gasteiger partial charge in [0.2, 0.25) is 21.7 Å². The van der Waals surface area contributed by atoms with E-state index in [2.05, 4.69) is 23.8 Å². The molecule has 0 heterocycles. The fourth-order valence-corrected chi connectivity index (χ4v) is 6.23. The first-order chi connectivity index (χ1) is 28.2. The van der Waals surface area contributed by atoms with Gasteiger partial charge in [-0.2, -0.15) is 0 Å². The van der Waals surface area contributed by atoms with E-state index < -0.39 is 33.6 Å². The number of carbonyl (C=O) groups excluding carboxylic acids is 6. The summed E-state index contributed by atoms with van der Waals surface area (Å²) in [6.45, 7) is 10.3. The minimum atomic E-state index is -4.02. The third-order valence-corrected chi connectivity index (χ3v) is 9.71. The number of nitrogens with one attached hydrogen (secondary N) is 2. The van der Waals surface area contributed by atoms with Crippen molar-refractivity contribution in [2.45, 2.75) is 36.5 Å². The molecule has 0 spiro atoms. The van der Waals surface area contributed by atoms with E-state index in [-0.39, 0.29) is 68.5 Å². The fourth-order valence-electron chi connectivity index (χ4n) is 4.97. The molecule has 0 fully saturated rings. The van der Waals surface area contributed by atoms with Crippen LogP contribution in [-0.2, 0) is 60.9 Å². The lowest BCUT2D eigenvalue weighted by molar-refractivity contribution is -0.139. The Bertz CT molecular complexity index is 2250. The lowest BCUT2D eigenvalue weighted by Gasteiger charge is -2.15. The van der Waals surface area contributed by atoms with Gasteiger partial charge in [0.05, 0.1) is 34.4 Å². The third-order valence-electron chi connectivity index (χ3n) is 7.92. The maximum absolute atomic E-state index is 13.6. The summed E-state index contributed by atoms with van der Waals surface area (Å²) in [5.41, 5.74) is 2.40. The summed E-state index contributed by atoms with van der Waals surface area (Å²) >= 11 is 0. The number of aldehydes is 2. The number of rotatable bonds is 20. The highest BCUT2D eigenvalue weighted by atomic mass is 32.2. The van der Waals surface area contributed by atoms with Crippen LogP contribution in [0, 0.1) is 0 Å². The molecule has 304 valence electrons. The molecule has 0 saturated heterocycles. The molecule has 15 heteroatoms. The predicted octanol–water partition coefficient (Wildman–Crippen LogP) is 6.81. The van der Waals surface area contributed by atoms with E-state index in [0.29, 0.717) is 36.5 Å². The Hall–Kier alpha value is -7.39. The summed E-state index contributed by atoms with van der Waals surface area (Å²) in [6.07, 6.45) is 5.68. The first-order valence-corrected chi connectivity index (χ1v) is 19.3. The number of sulfone groups is 1. The van der Waals surface area contributed by atoms with Gasteiger partial charge in [0, 0.05) is 36.1 Å². The van der Waals surface area contributed by atoms with Crippen molar-refractivity contribution >= 4 is 57.5 Å². The number of esters is 2. The molecule has 0 saturated carbocycles. The lowest BCUT2D eigenvalue weighted by atomic mass is 10.1. The third kappa shape index (κ3) is 13.4. The van der Waals surface area contributed by atoms with Crippen LogP contribution in [0.25, 0.3) is 0 Å². The minimum Gasteiger partial charge on any atom is -0.462 e. The zero-order chi connectivity index (χ0) is 43.0. The van der Waals surface area contributed by atoms with E-state index in [0.717, 1.165) is 24.3 Å². The van der Waals surface area contributed by atoms with Gasteiger partial charge >= 0.3 is 11.9 Å². The molecule has 0 aliphatic heterocycles. The zero-order valence-corrected chi connectivity index (χ0v) is 32.9. The average Bonchev–Trinajstić information content (AvgIpc) is 3.21. The monoisotopic (exact) mass is 820 g/mol. The van der Waals surface area contributed by atoms with Gasteiger partial charge in [-0.15, -0.1) is 0 Å². The second kappa shape index (κ2) is 21.2. The van der Waals surface area contributed by atoms with Gasteiger partial charge in [-0.05, 0) is 110 Å². The Labute approximate surface area is 340 Å². The van der Waals surface area contributed by atoms with Crippen LogP contribution in [0.2, 0.25) is 0 Å². The molecule has 0 atom stereocenters. The number of hydrogen-bond acceptors (Lipinski definition) is 12. The average molecular weight is 821 g/mol. The standard InChI is InChI=1S/C44H40N2O12S/c1-29(2)43(51)55-25-21-31-9-19-39(37(27-31)45-41(49)7-5-23-47)57-33-11-15-35(16-12-33)59(53,54)36-17-13-34(14-18-36)58-40-20-10-32(22-26-56-44(52)30(3)4)28-38(40)46-42(50)8-6-24-48/h5-20,23-24,27-28H,1,3,21-22,25-26H2,2,4H3,(H,45,49)(H,46,50)/b7-5+,8-6+. The molecular weight excluding hydrogens is 781 g/mol. The normalized spacial score (nSPS) is 11.0. The highest BCUT2D eigenvalue weighted by Crippen LogP contribution is 2.34. The van der Waals surface area contributed by atoms with Crippen molar-refractivity contribution in [3.63, 3.8) is 0 Å². The van der Waals surface area contributed by atoms with Crippen LogP contribution in [0.1, 0.15) is 25.0 Å². The first-order valence-electron chi connectivity index (χ1n) is 17.8. The topological polar surface area (TPSA) is 198 Å². The number of amides is 2. The molecule has 14 nitrogen and oxygen atoms in total. The highest BCUT2D eigenvalue weighted by molar-refractivity contribution is 7.91. The van der Waals surface area contributed by atoms with Gasteiger partial charge in [-0.1, -0.05) is 25.3 Å². The summed E-state index contributed by atoms with van der Waals surface area (Å²) in [6, 6.07) is 21.1. The van der Waals surface area contributed by atoms with Crippen LogP contribution >= 0.6 is 0 Å². The van der Waals surface area contributed by atoms with Crippen molar-refractivity contribution in [1.82, 2.24) is 0 Å². The molecule has 2 amide bonds. The van der Waals surface area contributed by atoms with Crippen molar-refractivity contribution in [3.05, 3.63) is 145 Å². The SMILES string of the molecule is C=C(C)C(=O)OCCc1ccc(Oc2ccc(S(=O)(=O)c3ccc(Oc4ccc(CCOC(=O)C(=C)C)cc4NC(=O)/C=C/C=O)cc3)cc2)c(NC(=O)/C=C/C=O)c1. The van der Waals surface area contributed by atoms with E-state index in [1.807, 2.05) is 0 Å². The van der Waals surface area contributed by atoms with E-state index in [1.165, 1.54) is 62.4 Å². The Morgan fingerprint density at radius 3 is 1.31 bits per heavy atom. The van der Waals surface area contributed by atoms with Gasteiger partial charge < -0.3 is 29.6 Å². The van der Waals surface area contributed by atoms with Gasteiger partial charge in [-0.25, -0.2) is 18.0 Å². The van der Waals surface area contributed by atoms with E-state index in [4.69, 9.17) is 18.9 Å². The first kappa shape index (κ1) is 44.3. The van der Waals surface area contributed by atoms with E-state index >= 15 is 0 Å². The molecule has 0 unspecified atom stereocenters. The molecule has 4 aromatic rings. The Balaban J connectivity index is 1.49. The van der Waals surface area contributed by atoms with Gasteiger partial charge in [-0.3, -0.25) is 19.2 Å². The Morgan fingerprint density at radius 1 is 0.593 bits per heavy atom. The molecule has 0 aromatic heterocycles. The van der Waals surface area contributed by atoms with Crippen LogP contribution in [0.15, 0.2) is 143 Å². The number of anilines is 2. The summed E-state index contributed by atoms with van der Waals surface area (Å²) in [4.78, 5) is 69.7. The molecule has 4 aromatic carbocycles. The summed E-state index contributed by atoms with van der Waals surface area (Å²) in [7, 11) is -4.02. The number of hydrogen-bond donors (Lipinski definition) is 2. The quantitative estimate of drug-likeness (QED) is 0.0537. The van der Waals surface area contributed by atoms with Gasteiger partial charge in [0.15, 0.2) is 11.5 Å². The van der Waals surface area contributed by atoms with Crippen molar-refractivity contribution in [3.8, 4) is 23.0 Å². The number of allylic oxidation sites excluding steroid dienone is 2. The lowest BCUT2D eigenvalue weighted by Crippen LogP contribution is -2.11. The predicted molar refractivity (Wildman–Crippen MR) is 218 cm³/mol. The second-order valence-electron chi connectivity index (χ2n) is 12.6. The van der Waals surface area contributed by atoms with Crippen LogP contribution < -0.4 is 20.1 Å². The smallest absolute Gasteiger partial charge is 0.333 e. The van der Waals surface area contributed by atoms with Gasteiger partial charge in [0.1, 0.15) is 24.1 Å². The second-order valence-corrected chi connectivity index (χ2v) is 14.6. The molecule has 0 aliphatic rings. The van der Waals surface area contributed by atoms with Crippen molar-refractivity contribution < 1.29 is 56.1 Å². The molecular formula is C44H40N2O12S. The van der Waals surface area contributed by atoms with Crippen LogP contribution in [0.5, 0.6) is 23.0 Å². The number of carbonyl (C=O) groups is 6. The van der Waals surface area contributed by atoms with E-state index in [9.17, 15) is 37.2 Å². The number of benzene rings is 4. The highest BCUT2D eigenvalue weighted by Gasteiger charge is 2.19. The zero-order valence-electron chi connectivity index (χ0n) is 32.1. The largest absolute Gasteiger partial charge is 0.462 e. The molecule has 0 radical (unpaired) electrons. The summed E-state index contributed by atoms with van der Waals surface area (Å²) in [5, 5.41) is 5.29. The molecule has 4 rings (SSSR count). The minimum absolute atomic E-state index is 0.0383. The van der Waals surface area contributed by atoms with Crippen LogP contribution in [0.4, 0.5) is 11.4 Å². The number of ether oxygens (including phenoxy) is 4. The van der Waals surface area contributed by atoms with Gasteiger partial charge in [0.25, 0.3) is 0 Å². The molecule has 2 N–H and O–H groups in total. The molecule has 0 aliphatic carbocycles. The van der Waals surface area contributed by atoms with E-state index in [1.54, 1.807) is 36.4 Å². The Morgan fingerprint density at radius 2 is 0.966 bits per heavy atom. The van der Waals surface area contributed by atoms with Crippen LogP contribution in [0.3, 0.4) is 0 Å². The van der Waals surface area contributed by atoms with Crippen molar-refractivity contribution in [1.29, 1.82) is 0 Å². The van der Waals surface area contributed by atoms with Crippen molar-refractivity contribution in [2.75, 3.05) is 23.8 Å². The summed E-state index contributed by atoms with van der Waals surface area (Å²) in [5.74, 6) is -1.34. The molecule has 0 bridgehead atoms. The fraction of sp³-hybridized carbons (Fsp3) is 0.136. The maximum Gasteiger partial charge on any atom is 0.333 e. The van der Waals surface area contributed by atoms with Crippen molar-refractivity contribution in [2.24, 2.45) is 0 Å². The molecule has 59 heavy (non-hydrogen) atoms. The summed E-state index contributed by atoms with van der Waals surface area (Å²) < 4.78 is 49.5.